The number of fused-ring (bicyclic) bond motifs is 3. The summed E-state index contributed by atoms with van der Waals surface area (Å²) in [6, 6.07) is 3.42. The first-order valence-electron chi connectivity index (χ1n) is 18.9. The molecule has 6 fully saturated rings. The lowest BCUT2D eigenvalue weighted by atomic mass is 9.42. The number of epoxide rings is 1. The van der Waals surface area contributed by atoms with Crippen molar-refractivity contribution in [1.82, 2.24) is 0 Å². The van der Waals surface area contributed by atoms with Gasteiger partial charge in [-0.15, -0.1) is 0 Å². The van der Waals surface area contributed by atoms with Crippen molar-refractivity contribution in [2.75, 3.05) is 13.2 Å². The lowest BCUT2D eigenvalue weighted by Crippen LogP contribution is -2.65. The molecule has 3 heterocycles. The Balaban J connectivity index is 0.852. The highest BCUT2D eigenvalue weighted by Crippen LogP contribution is 2.78. The second-order valence-corrected chi connectivity index (χ2v) is 16.7. The van der Waals surface area contributed by atoms with Crippen LogP contribution in [0.15, 0.2) is 27.6 Å². The topological polar surface area (TPSA) is 206 Å². The third-order valence-electron chi connectivity index (χ3n) is 14.3. The SMILES string of the molecule is C[C@]12CC[C@@H](C(=O)OCCCCCCC(=O)O[C@@H]3O[C@H](CO)[C@@H](O)[C@H](O)[C@H]3O)C[C@@]1(O)CC[C@@H]1[C@@H]2CC[C@]2(C)[C@@H](c3ccc(=O)oc3)C[C@H]3O[C@]132. The largest absolute Gasteiger partial charge is 0.465 e. The number of rotatable bonds is 11. The van der Waals surface area contributed by atoms with Crippen LogP contribution < -0.4 is 5.63 Å². The van der Waals surface area contributed by atoms with Crippen LogP contribution in [0.3, 0.4) is 0 Å². The fraction of sp³-hybridized carbons (Fsp3) is 0.816. The second kappa shape index (κ2) is 13.8. The van der Waals surface area contributed by atoms with E-state index in [0.717, 1.165) is 44.1 Å². The van der Waals surface area contributed by atoms with Gasteiger partial charge in [-0.1, -0.05) is 26.7 Å². The normalized spacial score (nSPS) is 45.5. The molecule has 13 nitrogen and oxygen atoms in total. The molecule has 4 saturated carbocycles. The number of ether oxygens (including phenoxy) is 4. The molecule has 0 unspecified atom stereocenters. The summed E-state index contributed by atoms with van der Waals surface area (Å²) in [6.07, 6.45) is 3.20. The molecule has 1 aromatic rings. The summed E-state index contributed by atoms with van der Waals surface area (Å²) in [5.41, 5.74) is -0.826. The average Bonchev–Trinajstić information content (AvgIpc) is 3.77. The van der Waals surface area contributed by atoms with Crippen molar-refractivity contribution in [3.05, 3.63) is 34.4 Å². The predicted molar refractivity (Wildman–Crippen MR) is 178 cm³/mol. The van der Waals surface area contributed by atoms with Crippen molar-refractivity contribution in [3.63, 3.8) is 0 Å². The molecule has 1 spiro atoms. The lowest BCUT2D eigenvalue weighted by molar-refractivity contribution is -0.292. The van der Waals surface area contributed by atoms with Gasteiger partial charge in [-0.25, -0.2) is 4.79 Å². The molecule has 51 heavy (non-hydrogen) atoms. The average molecular weight is 719 g/mol. The molecule has 14 atom stereocenters. The van der Waals surface area contributed by atoms with Gasteiger partial charge >= 0.3 is 17.6 Å². The number of carbonyl (C=O) groups is 2. The first-order valence-corrected chi connectivity index (χ1v) is 18.9. The van der Waals surface area contributed by atoms with Gasteiger partial charge in [0.15, 0.2) is 0 Å². The van der Waals surface area contributed by atoms with E-state index in [1.807, 2.05) is 6.07 Å². The van der Waals surface area contributed by atoms with Crippen molar-refractivity contribution < 1.29 is 58.5 Å². The van der Waals surface area contributed by atoms with Gasteiger partial charge in [0.1, 0.15) is 30.0 Å². The maximum absolute atomic E-state index is 13.2. The molecule has 13 heteroatoms. The predicted octanol–water partition coefficient (Wildman–Crippen LogP) is 2.47. The summed E-state index contributed by atoms with van der Waals surface area (Å²) in [4.78, 5) is 37.1. The van der Waals surface area contributed by atoms with Crippen LogP contribution in [0.25, 0.3) is 0 Å². The number of aliphatic hydroxyl groups excluding tert-OH is 4. The highest BCUT2D eigenvalue weighted by molar-refractivity contribution is 5.73. The van der Waals surface area contributed by atoms with Gasteiger partial charge in [0.25, 0.3) is 0 Å². The lowest BCUT2D eigenvalue weighted by Gasteiger charge is -2.64. The summed E-state index contributed by atoms with van der Waals surface area (Å²) in [5.74, 6) is -0.341. The first-order chi connectivity index (χ1) is 24.3. The summed E-state index contributed by atoms with van der Waals surface area (Å²) in [6.45, 7) is 4.24. The molecule has 2 saturated heterocycles. The molecule has 2 aliphatic heterocycles. The summed E-state index contributed by atoms with van der Waals surface area (Å²) >= 11 is 0. The monoisotopic (exact) mass is 718 g/mol. The van der Waals surface area contributed by atoms with Crippen LogP contribution >= 0.6 is 0 Å². The number of carbonyl (C=O) groups excluding carboxylic acids is 2. The molecule has 0 aromatic carbocycles. The van der Waals surface area contributed by atoms with Crippen LogP contribution in [0.4, 0.5) is 0 Å². The fourth-order valence-corrected chi connectivity index (χ4v) is 11.3. The van der Waals surface area contributed by atoms with E-state index in [-0.39, 0.29) is 59.0 Å². The molecule has 284 valence electrons. The molecule has 1 aromatic heterocycles. The van der Waals surface area contributed by atoms with Gasteiger partial charge in [0, 0.05) is 17.9 Å². The van der Waals surface area contributed by atoms with Crippen LogP contribution in [0, 0.1) is 28.6 Å². The van der Waals surface area contributed by atoms with E-state index in [9.17, 15) is 39.9 Å². The number of esters is 2. The first kappa shape index (κ1) is 36.9. The minimum Gasteiger partial charge on any atom is -0.465 e. The second-order valence-electron chi connectivity index (χ2n) is 16.7. The van der Waals surface area contributed by atoms with E-state index in [0.29, 0.717) is 50.4 Å². The molecule has 0 amide bonds. The van der Waals surface area contributed by atoms with Crippen LogP contribution in [0.1, 0.15) is 109 Å². The van der Waals surface area contributed by atoms with Gasteiger partial charge in [-0.2, -0.15) is 0 Å². The summed E-state index contributed by atoms with van der Waals surface area (Å²) in [5, 5.41) is 51.3. The molecular formula is C38H54O13. The summed E-state index contributed by atoms with van der Waals surface area (Å²) < 4.78 is 27.9. The maximum Gasteiger partial charge on any atom is 0.335 e. The number of hydrogen-bond donors (Lipinski definition) is 5. The van der Waals surface area contributed by atoms with E-state index in [2.05, 4.69) is 13.8 Å². The molecule has 6 aliphatic rings. The van der Waals surface area contributed by atoms with Gasteiger partial charge < -0.3 is 48.9 Å². The van der Waals surface area contributed by atoms with Crippen molar-refractivity contribution in [2.24, 2.45) is 28.6 Å². The Morgan fingerprint density at radius 2 is 1.67 bits per heavy atom. The van der Waals surface area contributed by atoms with Gasteiger partial charge in [0.05, 0.1) is 37.1 Å². The third-order valence-corrected chi connectivity index (χ3v) is 14.3. The molecular weight excluding hydrogens is 664 g/mol. The van der Waals surface area contributed by atoms with E-state index in [4.69, 9.17) is 23.4 Å². The minimum absolute atomic E-state index is 0.0519. The Kier molecular flexibility index (Phi) is 9.99. The van der Waals surface area contributed by atoms with Crippen molar-refractivity contribution in [1.29, 1.82) is 0 Å². The van der Waals surface area contributed by atoms with Crippen LogP contribution in [0.5, 0.6) is 0 Å². The molecule has 4 aliphatic carbocycles. The zero-order valence-corrected chi connectivity index (χ0v) is 29.6. The molecule has 5 N–H and O–H groups in total. The van der Waals surface area contributed by atoms with Gasteiger partial charge in [-0.3, -0.25) is 9.59 Å². The Morgan fingerprint density at radius 3 is 2.41 bits per heavy atom. The Bertz CT molecular complexity index is 1490. The fourth-order valence-electron chi connectivity index (χ4n) is 11.3. The van der Waals surface area contributed by atoms with E-state index in [1.54, 1.807) is 6.26 Å². The van der Waals surface area contributed by atoms with E-state index < -0.39 is 48.9 Å². The molecule has 0 bridgehead atoms. The standard InChI is InChI=1S/C38H54O13/c1-35-13-10-21(33(45)47-16-6-4-3-5-7-29(41)50-34-32(44)31(43)30(42)26(19-39)49-34)18-37(35,46)15-12-24-23(35)11-14-36(2)25(17-27-38(24,36)51-27)22-8-9-28(40)48-20-22/h8-9,20-21,23-27,30-32,34,39,42-44,46H,3-7,10-19H2,1-2H3/t21-,23+,24-,25-,26-,27-,30-,31+,32-,34+,35-,36-,37+,38-/m1/s1. The summed E-state index contributed by atoms with van der Waals surface area (Å²) in [7, 11) is 0. The van der Waals surface area contributed by atoms with Crippen molar-refractivity contribution in [2.45, 2.75) is 151 Å². The Morgan fingerprint density at radius 1 is 0.922 bits per heavy atom. The van der Waals surface area contributed by atoms with E-state index >= 15 is 0 Å². The highest BCUT2D eigenvalue weighted by atomic mass is 16.7. The van der Waals surface area contributed by atoms with Crippen LogP contribution in [-0.4, -0.2) is 98.7 Å². The number of unbranched alkanes of at least 4 members (excludes halogenated alkanes) is 3. The van der Waals surface area contributed by atoms with E-state index in [1.165, 1.54) is 6.07 Å². The zero-order chi connectivity index (χ0) is 36.3. The smallest absolute Gasteiger partial charge is 0.335 e. The van der Waals surface area contributed by atoms with Crippen LogP contribution in [-0.2, 0) is 28.5 Å². The van der Waals surface area contributed by atoms with Crippen molar-refractivity contribution >= 4 is 11.9 Å². The molecule has 7 rings (SSSR count). The number of hydrogen-bond acceptors (Lipinski definition) is 13. The highest BCUT2D eigenvalue weighted by Gasteiger charge is 2.81. The maximum atomic E-state index is 13.2. The Hall–Kier alpha value is -2.39. The Labute approximate surface area is 297 Å². The molecule has 0 radical (unpaired) electrons. The van der Waals surface area contributed by atoms with Gasteiger partial charge in [-0.05, 0) is 99.0 Å². The van der Waals surface area contributed by atoms with Crippen LogP contribution in [0.2, 0.25) is 0 Å². The minimum atomic E-state index is -1.63. The van der Waals surface area contributed by atoms with Gasteiger partial charge in [0.2, 0.25) is 6.29 Å². The zero-order valence-electron chi connectivity index (χ0n) is 29.6. The number of aliphatic hydroxyl groups is 5. The third kappa shape index (κ3) is 6.08. The quantitative estimate of drug-likeness (QED) is 0.127. The van der Waals surface area contributed by atoms with Crippen molar-refractivity contribution in [3.8, 4) is 0 Å².